The summed E-state index contributed by atoms with van der Waals surface area (Å²) in [6.07, 6.45) is 2.10. The SMILES string of the molecule is COc1cc(NC2CCc3sc(Cl)cc32)c(OC)cc1Cl. The van der Waals surface area contributed by atoms with E-state index in [2.05, 4.69) is 5.32 Å². The van der Waals surface area contributed by atoms with E-state index in [-0.39, 0.29) is 6.04 Å². The number of aryl methyl sites for hydroxylation is 1. The Bertz CT molecular complexity index is 672. The Morgan fingerprint density at radius 3 is 2.62 bits per heavy atom. The zero-order chi connectivity index (χ0) is 15.0. The van der Waals surface area contributed by atoms with Crippen LogP contribution in [0.1, 0.15) is 22.9 Å². The van der Waals surface area contributed by atoms with Crippen LogP contribution in [0.5, 0.6) is 11.5 Å². The zero-order valence-electron chi connectivity index (χ0n) is 11.7. The highest BCUT2D eigenvalue weighted by atomic mass is 35.5. The normalized spacial score (nSPS) is 16.7. The first-order valence-corrected chi connectivity index (χ1v) is 8.15. The molecule has 112 valence electrons. The molecule has 0 saturated heterocycles. The van der Waals surface area contributed by atoms with Crippen LogP contribution in [-0.4, -0.2) is 14.2 Å². The molecule has 6 heteroatoms. The maximum Gasteiger partial charge on any atom is 0.143 e. The van der Waals surface area contributed by atoms with Crippen molar-refractivity contribution in [3.05, 3.63) is 38.0 Å². The van der Waals surface area contributed by atoms with Crippen LogP contribution in [0.25, 0.3) is 0 Å². The molecule has 0 bridgehead atoms. The van der Waals surface area contributed by atoms with Gasteiger partial charge in [-0.3, -0.25) is 0 Å². The molecule has 3 rings (SSSR count). The number of rotatable bonds is 4. The molecule has 0 aliphatic heterocycles. The van der Waals surface area contributed by atoms with Crippen LogP contribution >= 0.6 is 34.5 Å². The van der Waals surface area contributed by atoms with Gasteiger partial charge in [0.1, 0.15) is 11.5 Å². The second kappa shape index (κ2) is 5.95. The Hall–Kier alpha value is -1.10. The third-order valence-electron chi connectivity index (χ3n) is 3.65. The Morgan fingerprint density at radius 2 is 1.90 bits per heavy atom. The minimum atomic E-state index is 0.239. The Balaban J connectivity index is 1.91. The van der Waals surface area contributed by atoms with Gasteiger partial charge in [-0.1, -0.05) is 23.2 Å². The average molecular weight is 344 g/mol. The standard InChI is InChI=1S/C15H15Cl2NO2S/c1-19-12-7-11(13(20-2)6-9(12)16)18-10-3-4-14-8(10)5-15(17)21-14/h5-7,10,18H,3-4H2,1-2H3. The van der Waals surface area contributed by atoms with Gasteiger partial charge in [0.25, 0.3) is 0 Å². The molecule has 0 fully saturated rings. The van der Waals surface area contributed by atoms with Gasteiger partial charge in [0, 0.05) is 17.0 Å². The van der Waals surface area contributed by atoms with Crippen LogP contribution in [-0.2, 0) is 6.42 Å². The molecule has 1 N–H and O–H groups in total. The van der Waals surface area contributed by atoms with Gasteiger partial charge in [0.05, 0.1) is 35.3 Å². The predicted octanol–water partition coefficient (Wildman–Crippen LogP) is 5.17. The molecule has 0 radical (unpaired) electrons. The summed E-state index contributed by atoms with van der Waals surface area (Å²) in [5.74, 6) is 1.33. The van der Waals surface area contributed by atoms with Gasteiger partial charge < -0.3 is 14.8 Å². The molecule has 1 aliphatic rings. The van der Waals surface area contributed by atoms with Gasteiger partial charge in [0.15, 0.2) is 0 Å². The number of benzene rings is 1. The van der Waals surface area contributed by atoms with Crippen molar-refractivity contribution < 1.29 is 9.47 Å². The zero-order valence-corrected chi connectivity index (χ0v) is 14.0. The summed E-state index contributed by atoms with van der Waals surface area (Å²) >= 11 is 13.9. The number of ether oxygens (including phenoxy) is 2. The number of hydrogen-bond donors (Lipinski definition) is 1. The van der Waals surface area contributed by atoms with Crippen LogP contribution in [0, 0.1) is 0 Å². The number of fused-ring (bicyclic) bond motifs is 1. The van der Waals surface area contributed by atoms with Gasteiger partial charge in [-0.2, -0.15) is 0 Å². The van der Waals surface area contributed by atoms with Gasteiger partial charge in [0.2, 0.25) is 0 Å². The van der Waals surface area contributed by atoms with E-state index >= 15 is 0 Å². The van der Waals surface area contributed by atoms with Crippen LogP contribution < -0.4 is 14.8 Å². The monoisotopic (exact) mass is 343 g/mol. The summed E-state index contributed by atoms with van der Waals surface area (Å²) in [6.45, 7) is 0. The quantitative estimate of drug-likeness (QED) is 0.830. The van der Waals surface area contributed by atoms with Crippen molar-refractivity contribution >= 4 is 40.2 Å². The topological polar surface area (TPSA) is 30.5 Å². The van der Waals surface area contributed by atoms with Crippen molar-refractivity contribution in [3.63, 3.8) is 0 Å². The average Bonchev–Trinajstić information content (AvgIpc) is 3.00. The van der Waals surface area contributed by atoms with Gasteiger partial charge in [-0.05, 0) is 24.5 Å². The molecular formula is C15H15Cl2NO2S. The number of methoxy groups -OCH3 is 2. The van der Waals surface area contributed by atoms with Gasteiger partial charge >= 0.3 is 0 Å². The second-order valence-corrected chi connectivity index (χ2v) is 7.03. The van der Waals surface area contributed by atoms with E-state index < -0.39 is 0 Å². The molecule has 0 saturated carbocycles. The third-order valence-corrected chi connectivity index (χ3v) is 5.29. The molecule has 1 aromatic heterocycles. The molecule has 21 heavy (non-hydrogen) atoms. The van der Waals surface area contributed by atoms with Gasteiger partial charge in [-0.15, -0.1) is 11.3 Å². The van der Waals surface area contributed by atoms with E-state index in [0.717, 1.165) is 22.9 Å². The second-order valence-electron chi connectivity index (χ2n) is 4.85. The molecule has 1 heterocycles. The number of nitrogens with one attached hydrogen (secondary N) is 1. The summed E-state index contributed by atoms with van der Waals surface area (Å²) in [6, 6.07) is 5.92. The predicted molar refractivity (Wildman–Crippen MR) is 88.6 cm³/mol. The minimum absolute atomic E-state index is 0.239. The first-order chi connectivity index (χ1) is 10.1. The molecular weight excluding hydrogens is 329 g/mol. The Labute approximate surface area is 137 Å². The molecule has 0 spiro atoms. The maximum absolute atomic E-state index is 6.13. The van der Waals surface area contributed by atoms with E-state index in [1.54, 1.807) is 31.6 Å². The van der Waals surface area contributed by atoms with Crippen molar-refractivity contribution in [1.82, 2.24) is 0 Å². The van der Waals surface area contributed by atoms with E-state index in [1.165, 1.54) is 10.4 Å². The molecule has 0 amide bonds. The van der Waals surface area contributed by atoms with Crippen LogP contribution in [0.3, 0.4) is 0 Å². The molecule has 1 atom stereocenters. The summed E-state index contributed by atoms with van der Waals surface area (Å²) in [5.41, 5.74) is 2.15. The first-order valence-electron chi connectivity index (χ1n) is 6.58. The Morgan fingerprint density at radius 1 is 1.14 bits per heavy atom. The highest BCUT2D eigenvalue weighted by molar-refractivity contribution is 7.16. The summed E-state index contributed by atoms with van der Waals surface area (Å²) in [4.78, 5) is 1.36. The lowest BCUT2D eigenvalue weighted by molar-refractivity contribution is 0.404. The number of halogens is 2. The van der Waals surface area contributed by atoms with Crippen molar-refractivity contribution in [2.45, 2.75) is 18.9 Å². The van der Waals surface area contributed by atoms with Crippen molar-refractivity contribution in [3.8, 4) is 11.5 Å². The van der Waals surface area contributed by atoms with Crippen molar-refractivity contribution in [2.24, 2.45) is 0 Å². The van der Waals surface area contributed by atoms with Gasteiger partial charge in [-0.25, -0.2) is 0 Å². The lowest BCUT2D eigenvalue weighted by Crippen LogP contribution is -2.08. The summed E-state index contributed by atoms with van der Waals surface area (Å²) < 4.78 is 11.5. The van der Waals surface area contributed by atoms with Crippen LogP contribution in [0.4, 0.5) is 5.69 Å². The maximum atomic E-state index is 6.13. The van der Waals surface area contributed by atoms with Crippen LogP contribution in [0.15, 0.2) is 18.2 Å². The van der Waals surface area contributed by atoms with E-state index in [4.69, 9.17) is 32.7 Å². The largest absolute Gasteiger partial charge is 0.495 e. The molecule has 1 unspecified atom stereocenters. The number of anilines is 1. The molecule has 1 aliphatic carbocycles. The van der Waals surface area contributed by atoms with E-state index in [9.17, 15) is 0 Å². The first kappa shape index (κ1) is 14.8. The molecule has 3 nitrogen and oxygen atoms in total. The Kier molecular flexibility index (Phi) is 4.20. The smallest absolute Gasteiger partial charge is 0.143 e. The fourth-order valence-corrected chi connectivity index (χ4v) is 4.23. The van der Waals surface area contributed by atoms with E-state index in [1.807, 2.05) is 12.1 Å². The fraction of sp³-hybridized carbons (Fsp3) is 0.333. The lowest BCUT2D eigenvalue weighted by atomic mass is 10.1. The highest BCUT2D eigenvalue weighted by Crippen LogP contribution is 2.43. The summed E-state index contributed by atoms with van der Waals surface area (Å²) in [5, 5.41) is 4.05. The third kappa shape index (κ3) is 2.80. The van der Waals surface area contributed by atoms with E-state index in [0.29, 0.717) is 16.5 Å². The number of thiophene rings is 1. The number of hydrogen-bond acceptors (Lipinski definition) is 4. The fourth-order valence-electron chi connectivity index (χ4n) is 2.64. The van der Waals surface area contributed by atoms with Crippen molar-refractivity contribution in [2.75, 3.05) is 19.5 Å². The highest BCUT2D eigenvalue weighted by Gasteiger charge is 2.26. The van der Waals surface area contributed by atoms with Crippen LogP contribution in [0.2, 0.25) is 9.36 Å². The lowest BCUT2D eigenvalue weighted by Gasteiger charge is -2.18. The molecule has 1 aromatic carbocycles. The minimum Gasteiger partial charge on any atom is -0.495 e. The summed E-state index contributed by atoms with van der Waals surface area (Å²) in [7, 11) is 3.23. The van der Waals surface area contributed by atoms with Crippen molar-refractivity contribution in [1.29, 1.82) is 0 Å². The molecule has 2 aromatic rings.